The van der Waals surface area contributed by atoms with Crippen LogP contribution >= 0.6 is 11.6 Å². The maximum atomic E-state index is 12.6. The number of pyridine rings is 1. The Morgan fingerprint density at radius 1 is 1.12 bits per heavy atom. The quantitative estimate of drug-likeness (QED) is 0.581. The van der Waals surface area contributed by atoms with Gasteiger partial charge < -0.3 is 11.1 Å². The number of hydrogen-bond donors (Lipinski definition) is 2. The average Bonchev–Trinajstić information content (AvgIpc) is 3.05. The van der Waals surface area contributed by atoms with Gasteiger partial charge in [0, 0.05) is 23.5 Å². The standard InChI is InChI=1S/C18H13ClN6O/c19-13-4-2-1-3-12(13)14-5-6-17-22-10-15(25(17)24-14)18(26)23-11-7-8-21-16(20)9-11/h1-10H,(H3,20,21,23,26). The van der Waals surface area contributed by atoms with Crippen molar-refractivity contribution in [1.29, 1.82) is 0 Å². The number of anilines is 2. The Balaban J connectivity index is 1.73. The minimum Gasteiger partial charge on any atom is -0.384 e. The van der Waals surface area contributed by atoms with E-state index >= 15 is 0 Å². The van der Waals surface area contributed by atoms with Crippen molar-refractivity contribution in [3.8, 4) is 11.3 Å². The summed E-state index contributed by atoms with van der Waals surface area (Å²) in [5.41, 5.74) is 8.45. The van der Waals surface area contributed by atoms with Gasteiger partial charge >= 0.3 is 0 Å². The number of benzene rings is 1. The number of hydrogen-bond acceptors (Lipinski definition) is 5. The number of halogens is 1. The summed E-state index contributed by atoms with van der Waals surface area (Å²) >= 11 is 6.25. The van der Waals surface area contributed by atoms with Gasteiger partial charge in [-0.05, 0) is 24.3 Å². The zero-order valence-corrected chi connectivity index (χ0v) is 14.2. The molecule has 0 radical (unpaired) electrons. The summed E-state index contributed by atoms with van der Waals surface area (Å²) in [5, 5.41) is 7.86. The summed E-state index contributed by atoms with van der Waals surface area (Å²) in [6.45, 7) is 0. The van der Waals surface area contributed by atoms with Crippen molar-refractivity contribution in [2.75, 3.05) is 11.1 Å². The third kappa shape index (κ3) is 2.96. The fourth-order valence-corrected chi connectivity index (χ4v) is 2.79. The number of nitrogens with one attached hydrogen (secondary N) is 1. The third-order valence-corrected chi connectivity index (χ3v) is 4.11. The number of nitrogens with zero attached hydrogens (tertiary/aromatic N) is 4. The maximum absolute atomic E-state index is 12.6. The number of aromatic nitrogens is 4. The number of nitrogen functional groups attached to an aromatic ring is 1. The van der Waals surface area contributed by atoms with Crippen LogP contribution in [0.5, 0.6) is 0 Å². The van der Waals surface area contributed by atoms with E-state index in [9.17, 15) is 4.79 Å². The van der Waals surface area contributed by atoms with Crippen LogP contribution in [0.2, 0.25) is 5.02 Å². The Bertz CT molecular complexity index is 1120. The molecular weight excluding hydrogens is 352 g/mol. The number of fused-ring (bicyclic) bond motifs is 1. The normalized spacial score (nSPS) is 10.8. The van der Waals surface area contributed by atoms with Crippen LogP contribution in [0, 0.1) is 0 Å². The lowest BCUT2D eigenvalue weighted by Gasteiger charge is -2.07. The molecule has 3 aromatic heterocycles. The molecule has 26 heavy (non-hydrogen) atoms. The van der Waals surface area contributed by atoms with E-state index in [0.29, 0.717) is 33.6 Å². The number of imidazole rings is 1. The summed E-state index contributed by atoms with van der Waals surface area (Å²) < 4.78 is 1.48. The predicted octanol–water partition coefficient (Wildman–Crippen LogP) is 3.28. The number of rotatable bonds is 3. The molecule has 0 aliphatic carbocycles. The largest absolute Gasteiger partial charge is 0.384 e. The van der Waals surface area contributed by atoms with E-state index in [1.165, 1.54) is 16.9 Å². The topological polar surface area (TPSA) is 98.2 Å². The number of nitrogens with two attached hydrogens (primary N) is 1. The highest BCUT2D eigenvalue weighted by Crippen LogP contribution is 2.26. The molecule has 0 atom stereocenters. The molecule has 1 aromatic carbocycles. The second kappa shape index (κ2) is 6.45. The van der Waals surface area contributed by atoms with Gasteiger partial charge in [0.15, 0.2) is 11.3 Å². The van der Waals surface area contributed by atoms with Crippen LogP contribution in [0.25, 0.3) is 16.9 Å². The van der Waals surface area contributed by atoms with E-state index in [4.69, 9.17) is 17.3 Å². The molecular formula is C18H13ClN6O. The first-order valence-electron chi connectivity index (χ1n) is 7.74. The first-order valence-corrected chi connectivity index (χ1v) is 8.12. The second-order valence-corrected chi connectivity index (χ2v) is 5.94. The Kier molecular flexibility index (Phi) is 3.98. The van der Waals surface area contributed by atoms with E-state index in [0.717, 1.165) is 5.56 Å². The zero-order valence-electron chi connectivity index (χ0n) is 13.4. The molecule has 3 heterocycles. The van der Waals surface area contributed by atoms with Crippen LogP contribution in [0.15, 0.2) is 60.9 Å². The Morgan fingerprint density at radius 3 is 2.77 bits per heavy atom. The monoisotopic (exact) mass is 364 g/mol. The van der Waals surface area contributed by atoms with E-state index in [-0.39, 0.29) is 5.91 Å². The van der Waals surface area contributed by atoms with E-state index < -0.39 is 0 Å². The molecule has 0 aliphatic rings. The zero-order chi connectivity index (χ0) is 18.1. The number of amides is 1. The maximum Gasteiger partial charge on any atom is 0.276 e. The van der Waals surface area contributed by atoms with Gasteiger partial charge in [0.2, 0.25) is 0 Å². The van der Waals surface area contributed by atoms with Crippen molar-refractivity contribution in [2.45, 2.75) is 0 Å². The highest BCUT2D eigenvalue weighted by Gasteiger charge is 2.15. The average molecular weight is 365 g/mol. The number of carbonyl (C=O) groups is 1. The van der Waals surface area contributed by atoms with Crippen molar-refractivity contribution in [3.63, 3.8) is 0 Å². The summed E-state index contributed by atoms with van der Waals surface area (Å²) in [5.74, 6) is -0.0352. The summed E-state index contributed by atoms with van der Waals surface area (Å²) in [6.07, 6.45) is 2.99. The Hall–Kier alpha value is -3.45. The fourth-order valence-electron chi connectivity index (χ4n) is 2.56. The summed E-state index contributed by atoms with van der Waals surface area (Å²) in [4.78, 5) is 20.7. The fraction of sp³-hybridized carbons (Fsp3) is 0. The van der Waals surface area contributed by atoms with Gasteiger partial charge in [-0.3, -0.25) is 4.79 Å². The van der Waals surface area contributed by atoms with Crippen LogP contribution in [0.3, 0.4) is 0 Å². The van der Waals surface area contributed by atoms with Gasteiger partial charge in [0.05, 0.1) is 16.9 Å². The van der Waals surface area contributed by atoms with Crippen molar-refractivity contribution >= 4 is 34.7 Å². The van der Waals surface area contributed by atoms with Crippen molar-refractivity contribution in [3.05, 3.63) is 71.6 Å². The molecule has 3 N–H and O–H groups in total. The molecule has 0 bridgehead atoms. The van der Waals surface area contributed by atoms with Crippen molar-refractivity contribution < 1.29 is 4.79 Å². The van der Waals surface area contributed by atoms with E-state index in [2.05, 4.69) is 20.4 Å². The Labute approximate surface area is 153 Å². The van der Waals surface area contributed by atoms with Gasteiger partial charge in [0.1, 0.15) is 5.82 Å². The van der Waals surface area contributed by atoms with Crippen molar-refractivity contribution in [2.24, 2.45) is 0 Å². The smallest absolute Gasteiger partial charge is 0.276 e. The molecule has 0 spiro atoms. The minimum atomic E-state index is -0.355. The number of carbonyl (C=O) groups excluding carboxylic acids is 1. The molecule has 4 rings (SSSR count). The highest BCUT2D eigenvalue weighted by atomic mass is 35.5. The van der Waals surface area contributed by atoms with Crippen LogP contribution < -0.4 is 11.1 Å². The summed E-state index contributed by atoms with van der Waals surface area (Å²) in [7, 11) is 0. The van der Waals surface area contributed by atoms with E-state index in [1.807, 2.05) is 24.3 Å². The lowest BCUT2D eigenvalue weighted by molar-refractivity contribution is 0.102. The van der Waals surface area contributed by atoms with Gasteiger partial charge in [0.25, 0.3) is 5.91 Å². The van der Waals surface area contributed by atoms with Gasteiger partial charge in [-0.2, -0.15) is 5.10 Å². The van der Waals surface area contributed by atoms with Gasteiger partial charge in [-0.15, -0.1) is 0 Å². The molecule has 4 aromatic rings. The molecule has 0 saturated heterocycles. The predicted molar refractivity (Wildman–Crippen MR) is 100 cm³/mol. The Morgan fingerprint density at radius 2 is 1.96 bits per heavy atom. The molecule has 7 nitrogen and oxygen atoms in total. The molecule has 0 aliphatic heterocycles. The highest BCUT2D eigenvalue weighted by molar-refractivity contribution is 6.33. The van der Waals surface area contributed by atoms with Gasteiger partial charge in [-0.25, -0.2) is 14.5 Å². The molecule has 128 valence electrons. The molecule has 0 unspecified atom stereocenters. The lowest BCUT2D eigenvalue weighted by atomic mass is 10.1. The van der Waals surface area contributed by atoms with Crippen LogP contribution in [0.4, 0.5) is 11.5 Å². The molecule has 0 fully saturated rings. The third-order valence-electron chi connectivity index (χ3n) is 3.78. The first-order chi connectivity index (χ1) is 12.6. The van der Waals surface area contributed by atoms with Crippen LogP contribution in [-0.2, 0) is 0 Å². The molecule has 1 amide bonds. The SMILES string of the molecule is Nc1cc(NC(=O)c2cnc3ccc(-c4ccccc4Cl)nn23)ccn1. The molecule has 0 saturated carbocycles. The minimum absolute atomic E-state index is 0.296. The van der Waals surface area contributed by atoms with E-state index in [1.54, 1.807) is 24.3 Å². The van der Waals surface area contributed by atoms with Crippen molar-refractivity contribution in [1.82, 2.24) is 19.6 Å². The molecule has 8 heteroatoms. The summed E-state index contributed by atoms with van der Waals surface area (Å²) in [6, 6.07) is 14.2. The second-order valence-electron chi connectivity index (χ2n) is 5.54. The van der Waals surface area contributed by atoms with Gasteiger partial charge in [-0.1, -0.05) is 29.8 Å². The first kappa shape index (κ1) is 16.0. The lowest BCUT2D eigenvalue weighted by Crippen LogP contribution is -2.15. The van der Waals surface area contributed by atoms with Crippen LogP contribution in [0.1, 0.15) is 10.5 Å². The van der Waals surface area contributed by atoms with Crippen LogP contribution in [-0.4, -0.2) is 25.5 Å².